The lowest BCUT2D eigenvalue weighted by atomic mass is 9.83. The number of anilines is 1. The molecule has 2 fully saturated rings. The maximum absolute atomic E-state index is 15.3. The van der Waals surface area contributed by atoms with Crippen molar-refractivity contribution >= 4 is 28.6 Å². The van der Waals surface area contributed by atoms with Crippen LogP contribution in [0.15, 0.2) is 18.3 Å². The summed E-state index contributed by atoms with van der Waals surface area (Å²) in [5.41, 5.74) is 1.07. The number of imidazole rings is 1. The summed E-state index contributed by atoms with van der Waals surface area (Å²) in [4.78, 5) is 13.5. The SMILES string of the molecule is CC(C)n1c(C2CC(F)C2)nc2c(F)cc(-c3nc(N[C@@]4(C)CCCOC[C@H]4O)ncc3Cl)cc21. The molecular formula is C25H30ClF2N5O2. The van der Waals surface area contributed by atoms with Crippen molar-refractivity contribution in [2.75, 3.05) is 18.5 Å². The standard InChI is InChI=1S/C25H30ClF2N5O2/c1-13(2)33-19-10-14(9-18(28)22(19)30-23(33)15-7-16(27)8-15)21-17(26)11-29-24(31-21)32-25(3)5-4-6-35-12-20(25)34/h9-11,13,15-16,20,34H,4-8,12H2,1-3H3,(H,29,31,32)/t15?,16?,20-,25+/m1/s1. The highest BCUT2D eigenvalue weighted by atomic mass is 35.5. The van der Waals surface area contributed by atoms with Crippen LogP contribution in [0.3, 0.4) is 0 Å². The Kier molecular flexibility index (Phi) is 6.44. The molecule has 1 saturated heterocycles. The fraction of sp³-hybridized carbons (Fsp3) is 0.560. The zero-order chi connectivity index (χ0) is 24.9. The monoisotopic (exact) mass is 505 g/mol. The first-order chi connectivity index (χ1) is 16.7. The number of ether oxygens (including phenoxy) is 1. The van der Waals surface area contributed by atoms with Crippen molar-refractivity contribution in [1.82, 2.24) is 19.5 Å². The van der Waals surface area contributed by atoms with E-state index in [2.05, 4.69) is 20.3 Å². The van der Waals surface area contributed by atoms with E-state index in [1.807, 2.05) is 31.4 Å². The fourth-order valence-electron chi connectivity index (χ4n) is 5.02. The number of aliphatic hydroxyl groups is 1. The van der Waals surface area contributed by atoms with E-state index in [4.69, 9.17) is 16.3 Å². The summed E-state index contributed by atoms with van der Waals surface area (Å²) in [6.45, 7) is 6.71. The third-order valence-corrected chi connectivity index (χ3v) is 7.43. The zero-order valence-electron chi connectivity index (χ0n) is 20.1. The molecule has 0 spiro atoms. The minimum atomic E-state index is -0.827. The first kappa shape index (κ1) is 24.3. The van der Waals surface area contributed by atoms with Crippen LogP contribution in [0.2, 0.25) is 5.02 Å². The van der Waals surface area contributed by atoms with Gasteiger partial charge in [-0.25, -0.2) is 23.7 Å². The van der Waals surface area contributed by atoms with Crippen molar-refractivity contribution in [3.63, 3.8) is 0 Å². The van der Waals surface area contributed by atoms with Gasteiger partial charge in [-0.1, -0.05) is 11.6 Å². The number of halogens is 3. The van der Waals surface area contributed by atoms with Crippen molar-refractivity contribution in [1.29, 1.82) is 0 Å². The van der Waals surface area contributed by atoms with E-state index in [0.717, 1.165) is 6.42 Å². The van der Waals surface area contributed by atoms with E-state index in [0.29, 0.717) is 48.5 Å². The van der Waals surface area contributed by atoms with Gasteiger partial charge in [0, 0.05) is 24.1 Å². The molecule has 0 unspecified atom stereocenters. The lowest BCUT2D eigenvalue weighted by molar-refractivity contribution is 0.0262. The molecule has 1 aromatic carbocycles. The topological polar surface area (TPSA) is 85.1 Å². The van der Waals surface area contributed by atoms with Gasteiger partial charge in [0.2, 0.25) is 5.95 Å². The van der Waals surface area contributed by atoms with Crippen LogP contribution in [0.25, 0.3) is 22.3 Å². The van der Waals surface area contributed by atoms with Gasteiger partial charge in [-0.05, 0) is 58.6 Å². The number of hydrogen-bond donors (Lipinski definition) is 2. The smallest absolute Gasteiger partial charge is 0.223 e. The molecule has 35 heavy (non-hydrogen) atoms. The first-order valence-electron chi connectivity index (χ1n) is 12.1. The third-order valence-electron chi connectivity index (χ3n) is 7.15. The van der Waals surface area contributed by atoms with Gasteiger partial charge in [0.25, 0.3) is 0 Å². The average molecular weight is 506 g/mol. The van der Waals surface area contributed by atoms with Crippen LogP contribution in [0.1, 0.15) is 64.2 Å². The van der Waals surface area contributed by atoms with Gasteiger partial charge in [0.15, 0.2) is 5.82 Å². The van der Waals surface area contributed by atoms with Crippen molar-refractivity contribution in [3.8, 4) is 11.3 Å². The summed E-state index contributed by atoms with van der Waals surface area (Å²) in [5.74, 6) is 0.502. The van der Waals surface area contributed by atoms with Gasteiger partial charge < -0.3 is 19.7 Å². The lowest BCUT2D eigenvalue weighted by Gasteiger charge is -2.33. The number of alkyl halides is 1. The molecule has 0 bridgehead atoms. The second-order valence-electron chi connectivity index (χ2n) is 10.2. The van der Waals surface area contributed by atoms with Gasteiger partial charge in [0.05, 0.1) is 34.6 Å². The Balaban J connectivity index is 1.55. The van der Waals surface area contributed by atoms with Gasteiger partial charge in [-0.3, -0.25) is 0 Å². The van der Waals surface area contributed by atoms with Crippen LogP contribution >= 0.6 is 11.6 Å². The largest absolute Gasteiger partial charge is 0.388 e. The number of aliphatic hydroxyl groups excluding tert-OH is 1. The molecule has 1 saturated carbocycles. The van der Waals surface area contributed by atoms with Crippen LogP contribution in [-0.2, 0) is 4.74 Å². The molecular weight excluding hydrogens is 476 g/mol. The summed E-state index contributed by atoms with van der Waals surface area (Å²) < 4.78 is 36.3. The number of fused-ring (bicyclic) bond motifs is 1. The molecule has 188 valence electrons. The van der Waals surface area contributed by atoms with Crippen LogP contribution in [0.4, 0.5) is 14.7 Å². The molecule has 5 rings (SSSR count). The van der Waals surface area contributed by atoms with E-state index >= 15 is 4.39 Å². The summed E-state index contributed by atoms with van der Waals surface area (Å²) in [5, 5.41) is 14.1. The molecule has 0 amide bonds. The van der Waals surface area contributed by atoms with E-state index in [1.165, 1.54) is 12.3 Å². The van der Waals surface area contributed by atoms with Crippen molar-refractivity contribution in [2.24, 2.45) is 0 Å². The normalized spacial score (nSPS) is 27.1. The van der Waals surface area contributed by atoms with E-state index in [9.17, 15) is 9.50 Å². The molecule has 2 atom stereocenters. The second-order valence-corrected chi connectivity index (χ2v) is 10.6. The molecule has 0 radical (unpaired) electrons. The van der Waals surface area contributed by atoms with Crippen molar-refractivity contribution in [2.45, 2.75) is 76.2 Å². The summed E-state index contributed by atoms with van der Waals surface area (Å²) >= 11 is 6.46. The molecule has 2 N–H and O–H groups in total. The van der Waals surface area contributed by atoms with E-state index in [1.54, 1.807) is 0 Å². The molecule has 3 aromatic rings. The van der Waals surface area contributed by atoms with Gasteiger partial charge in [0.1, 0.15) is 23.6 Å². The second kappa shape index (κ2) is 9.26. The maximum Gasteiger partial charge on any atom is 0.223 e. The minimum Gasteiger partial charge on any atom is -0.388 e. The highest BCUT2D eigenvalue weighted by Gasteiger charge is 2.36. The number of rotatable bonds is 5. The molecule has 2 aromatic heterocycles. The molecule has 3 heterocycles. The van der Waals surface area contributed by atoms with E-state index in [-0.39, 0.29) is 35.1 Å². The molecule has 10 heteroatoms. The first-order valence-corrected chi connectivity index (χ1v) is 12.5. The number of hydrogen-bond acceptors (Lipinski definition) is 6. The molecule has 1 aliphatic carbocycles. The Labute approximate surface area is 207 Å². The van der Waals surface area contributed by atoms with Crippen LogP contribution < -0.4 is 5.32 Å². The number of nitrogens with zero attached hydrogens (tertiary/aromatic N) is 4. The predicted molar refractivity (Wildman–Crippen MR) is 131 cm³/mol. The quantitative estimate of drug-likeness (QED) is 0.481. The Morgan fingerprint density at radius 2 is 2.06 bits per heavy atom. The van der Waals surface area contributed by atoms with Crippen LogP contribution in [0.5, 0.6) is 0 Å². The Hall–Kier alpha value is -2.36. The summed E-state index contributed by atoms with van der Waals surface area (Å²) in [6, 6.07) is 3.21. The highest BCUT2D eigenvalue weighted by Crippen LogP contribution is 2.41. The van der Waals surface area contributed by atoms with Gasteiger partial charge in [-0.15, -0.1) is 0 Å². The third kappa shape index (κ3) is 4.49. The lowest BCUT2D eigenvalue weighted by Crippen LogP contribution is -2.48. The average Bonchev–Trinajstić information content (AvgIpc) is 3.09. The zero-order valence-corrected chi connectivity index (χ0v) is 20.8. The highest BCUT2D eigenvalue weighted by molar-refractivity contribution is 6.33. The Bertz CT molecular complexity index is 1250. The van der Waals surface area contributed by atoms with Gasteiger partial charge >= 0.3 is 0 Å². The van der Waals surface area contributed by atoms with Crippen molar-refractivity contribution in [3.05, 3.63) is 35.0 Å². The maximum atomic E-state index is 15.3. The van der Waals surface area contributed by atoms with Crippen LogP contribution in [0, 0.1) is 5.82 Å². The number of benzene rings is 1. The molecule has 2 aliphatic rings. The summed E-state index contributed by atoms with van der Waals surface area (Å²) in [6.07, 6.45) is 2.18. The Morgan fingerprint density at radius 3 is 2.77 bits per heavy atom. The van der Waals surface area contributed by atoms with Crippen molar-refractivity contribution < 1.29 is 18.6 Å². The molecule has 7 nitrogen and oxygen atoms in total. The fourth-order valence-corrected chi connectivity index (χ4v) is 5.22. The van der Waals surface area contributed by atoms with Crippen LogP contribution in [-0.4, -0.2) is 55.7 Å². The Morgan fingerprint density at radius 1 is 1.29 bits per heavy atom. The van der Waals surface area contributed by atoms with E-state index < -0.39 is 23.6 Å². The van der Waals surface area contributed by atoms with Gasteiger partial charge in [-0.2, -0.15) is 0 Å². The summed E-state index contributed by atoms with van der Waals surface area (Å²) in [7, 11) is 0. The predicted octanol–water partition coefficient (Wildman–Crippen LogP) is 5.42. The number of aromatic nitrogens is 4. The molecule has 1 aliphatic heterocycles. The minimum absolute atomic E-state index is 0.0142. The number of nitrogens with one attached hydrogen (secondary N) is 1.